The van der Waals surface area contributed by atoms with Crippen molar-refractivity contribution in [3.63, 3.8) is 0 Å². The minimum Gasteiger partial charge on any atom is -0.339 e. The number of nitrogens with one attached hydrogen (secondary N) is 1. The van der Waals surface area contributed by atoms with Crippen molar-refractivity contribution in [3.05, 3.63) is 65.7 Å². The van der Waals surface area contributed by atoms with Gasteiger partial charge in [-0.25, -0.2) is 0 Å². The fraction of sp³-hybridized carbons (Fsp3) is 0.417. The van der Waals surface area contributed by atoms with Gasteiger partial charge in [-0.3, -0.25) is 19.4 Å². The lowest BCUT2D eigenvalue weighted by Crippen LogP contribution is -2.48. The van der Waals surface area contributed by atoms with E-state index < -0.39 is 0 Å². The number of hydrogen-bond acceptors (Lipinski definition) is 4. The monoisotopic (exact) mass is 408 g/mol. The van der Waals surface area contributed by atoms with E-state index in [1.807, 2.05) is 19.9 Å². The van der Waals surface area contributed by atoms with Gasteiger partial charge in [0.25, 0.3) is 5.91 Å². The molecule has 1 heterocycles. The predicted octanol–water partition coefficient (Wildman–Crippen LogP) is 2.92. The smallest absolute Gasteiger partial charge is 0.253 e. The molecule has 1 fully saturated rings. The largest absolute Gasteiger partial charge is 0.339 e. The second-order valence-corrected chi connectivity index (χ2v) is 7.64. The molecule has 0 radical (unpaired) electrons. The second kappa shape index (κ2) is 10.9. The van der Waals surface area contributed by atoms with Crippen molar-refractivity contribution in [1.29, 1.82) is 0 Å². The minimum atomic E-state index is -0.0191. The Kier molecular flexibility index (Phi) is 7.99. The van der Waals surface area contributed by atoms with E-state index in [4.69, 9.17) is 0 Å². The summed E-state index contributed by atoms with van der Waals surface area (Å²) in [5.74, 6) is 0.000536. The molecule has 160 valence electrons. The first kappa shape index (κ1) is 22.0. The number of piperazine rings is 1. The van der Waals surface area contributed by atoms with E-state index in [0.29, 0.717) is 25.2 Å². The van der Waals surface area contributed by atoms with Crippen LogP contribution in [0.25, 0.3) is 0 Å². The zero-order valence-corrected chi connectivity index (χ0v) is 18.0. The third-order valence-electron chi connectivity index (χ3n) is 5.55. The lowest BCUT2D eigenvalue weighted by Gasteiger charge is -2.34. The summed E-state index contributed by atoms with van der Waals surface area (Å²) < 4.78 is 0. The maximum Gasteiger partial charge on any atom is 0.253 e. The van der Waals surface area contributed by atoms with E-state index in [1.165, 1.54) is 5.56 Å². The van der Waals surface area contributed by atoms with Gasteiger partial charge in [0.2, 0.25) is 5.91 Å². The van der Waals surface area contributed by atoms with Crippen molar-refractivity contribution < 1.29 is 9.59 Å². The molecule has 6 nitrogen and oxygen atoms in total. The molecule has 1 saturated heterocycles. The minimum absolute atomic E-state index is 0.0191. The highest BCUT2D eigenvalue weighted by Gasteiger charge is 2.19. The molecule has 2 aromatic rings. The van der Waals surface area contributed by atoms with E-state index in [2.05, 4.69) is 39.4 Å². The van der Waals surface area contributed by atoms with Crippen LogP contribution in [-0.2, 0) is 11.3 Å². The van der Waals surface area contributed by atoms with Crippen molar-refractivity contribution >= 4 is 17.5 Å². The summed E-state index contributed by atoms with van der Waals surface area (Å²) in [5, 5.41) is 2.94. The van der Waals surface area contributed by atoms with Crippen LogP contribution < -0.4 is 5.32 Å². The maximum absolute atomic E-state index is 12.4. The standard InChI is InChI=1S/C24H32N4O2/c1-3-28(4-2)24(30)21-10-12-22(13-11-21)25-23(29)19-27-16-14-26(15-17-27)18-20-8-6-5-7-9-20/h5-13H,3-4,14-19H2,1-2H3,(H,25,29). The third-order valence-corrected chi connectivity index (χ3v) is 5.55. The summed E-state index contributed by atoms with van der Waals surface area (Å²) in [7, 11) is 0. The number of carbonyl (C=O) groups excluding carboxylic acids is 2. The van der Waals surface area contributed by atoms with Crippen molar-refractivity contribution in [1.82, 2.24) is 14.7 Å². The first-order valence-corrected chi connectivity index (χ1v) is 10.8. The number of nitrogens with zero attached hydrogens (tertiary/aromatic N) is 3. The first-order chi connectivity index (χ1) is 14.6. The van der Waals surface area contributed by atoms with Gasteiger partial charge in [-0.2, -0.15) is 0 Å². The Morgan fingerprint density at radius 1 is 0.867 bits per heavy atom. The molecule has 6 heteroatoms. The molecule has 1 aliphatic heterocycles. The Bertz CT molecular complexity index is 811. The third kappa shape index (κ3) is 6.15. The zero-order valence-electron chi connectivity index (χ0n) is 18.0. The van der Waals surface area contributed by atoms with Gasteiger partial charge in [0.15, 0.2) is 0 Å². The molecule has 0 saturated carbocycles. The normalized spacial score (nSPS) is 15.0. The number of carbonyl (C=O) groups is 2. The summed E-state index contributed by atoms with van der Waals surface area (Å²) >= 11 is 0. The van der Waals surface area contributed by atoms with Crippen LogP contribution in [0, 0.1) is 0 Å². The molecular weight excluding hydrogens is 376 g/mol. The van der Waals surface area contributed by atoms with E-state index in [9.17, 15) is 9.59 Å². The molecule has 0 spiro atoms. The van der Waals surface area contributed by atoms with E-state index >= 15 is 0 Å². The highest BCUT2D eigenvalue weighted by molar-refractivity contribution is 5.96. The highest BCUT2D eigenvalue weighted by atomic mass is 16.2. The molecule has 30 heavy (non-hydrogen) atoms. The van der Waals surface area contributed by atoms with Gasteiger partial charge >= 0.3 is 0 Å². The van der Waals surface area contributed by atoms with Gasteiger partial charge < -0.3 is 10.2 Å². The average molecular weight is 409 g/mol. The molecule has 0 atom stereocenters. The fourth-order valence-electron chi connectivity index (χ4n) is 3.74. The molecule has 0 aromatic heterocycles. The number of rotatable bonds is 8. The SMILES string of the molecule is CCN(CC)C(=O)c1ccc(NC(=O)CN2CCN(Cc3ccccc3)CC2)cc1. The summed E-state index contributed by atoms with van der Waals surface area (Å²) in [5.41, 5.74) is 2.69. The predicted molar refractivity (Wildman–Crippen MR) is 120 cm³/mol. The molecular formula is C24H32N4O2. The molecule has 1 N–H and O–H groups in total. The molecule has 1 aliphatic rings. The first-order valence-electron chi connectivity index (χ1n) is 10.8. The van der Waals surface area contributed by atoms with Crippen LogP contribution in [0.2, 0.25) is 0 Å². The molecule has 2 amide bonds. The van der Waals surface area contributed by atoms with Crippen LogP contribution in [0.4, 0.5) is 5.69 Å². The highest BCUT2D eigenvalue weighted by Crippen LogP contribution is 2.13. The van der Waals surface area contributed by atoms with Crippen LogP contribution in [0.3, 0.4) is 0 Å². The van der Waals surface area contributed by atoms with Crippen molar-refractivity contribution in [3.8, 4) is 0 Å². The van der Waals surface area contributed by atoms with E-state index in [1.54, 1.807) is 29.2 Å². The average Bonchev–Trinajstić information content (AvgIpc) is 2.77. The van der Waals surface area contributed by atoms with Crippen LogP contribution in [0.1, 0.15) is 29.8 Å². The Labute approximate surface area is 179 Å². The van der Waals surface area contributed by atoms with Gasteiger partial charge in [-0.1, -0.05) is 30.3 Å². The Balaban J connectivity index is 1.43. The quantitative estimate of drug-likeness (QED) is 0.730. The Morgan fingerprint density at radius 3 is 2.07 bits per heavy atom. The van der Waals surface area contributed by atoms with Crippen LogP contribution in [0.5, 0.6) is 0 Å². The lowest BCUT2D eigenvalue weighted by atomic mass is 10.1. The Hall–Kier alpha value is -2.70. The number of amides is 2. The molecule has 0 aliphatic carbocycles. The number of hydrogen-bond donors (Lipinski definition) is 1. The summed E-state index contributed by atoms with van der Waals surface area (Å²) in [6.07, 6.45) is 0. The topological polar surface area (TPSA) is 55.9 Å². The Morgan fingerprint density at radius 2 is 1.47 bits per heavy atom. The van der Waals surface area contributed by atoms with E-state index in [0.717, 1.165) is 38.4 Å². The van der Waals surface area contributed by atoms with Crippen LogP contribution >= 0.6 is 0 Å². The van der Waals surface area contributed by atoms with Gasteiger partial charge in [-0.05, 0) is 43.7 Å². The zero-order chi connectivity index (χ0) is 21.3. The molecule has 3 rings (SSSR count). The van der Waals surface area contributed by atoms with Crippen LogP contribution in [0.15, 0.2) is 54.6 Å². The molecule has 2 aromatic carbocycles. The fourth-order valence-corrected chi connectivity index (χ4v) is 3.74. The molecule has 0 bridgehead atoms. The van der Waals surface area contributed by atoms with Crippen molar-refractivity contribution in [2.75, 3.05) is 51.1 Å². The second-order valence-electron chi connectivity index (χ2n) is 7.64. The van der Waals surface area contributed by atoms with Crippen LogP contribution in [-0.4, -0.2) is 72.3 Å². The van der Waals surface area contributed by atoms with E-state index in [-0.39, 0.29) is 11.8 Å². The summed E-state index contributed by atoms with van der Waals surface area (Å²) in [6.45, 7) is 10.4. The number of benzene rings is 2. The lowest BCUT2D eigenvalue weighted by molar-refractivity contribution is -0.117. The number of anilines is 1. The summed E-state index contributed by atoms with van der Waals surface area (Å²) in [6, 6.07) is 17.6. The van der Waals surface area contributed by atoms with Crippen molar-refractivity contribution in [2.45, 2.75) is 20.4 Å². The molecule has 0 unspecified atom stereocenters. The van der Waals surface area contributed by atoms with Gasteiger partial charge in [-0.15, -0.1) is 0 Å². The van der Waals surface area contributed by atoms with Crippen molar-refractivity contribution in [2.24, 2.45) is 0 Å². The maximum atomic E-state index is 12.4. The van der Waals surface area contributed by atoms with Gasteiger partial charge in [0.05, 0.1) is 6.54 Å². The summed E-state index contributed by atoms with van der Waals surface area (Å²) in [4.78, 5) is 31.2. The van der Waals surface area contributed by atoms with Gasteiger partial charge in [0, 0.05) is 57.1 Å². The van der Waals surface area contributed by atoms with Gasteiger partial charge in [0.1, 0.15) is 0 Å².